The minimum atomic E-state index is -4.59. The molecule has 0 N–H and O–H groups in total. The topological polar surface area (TPSA) is 59.7 Å². The van der Waals surface area contributed by atoms with Gasteiger partial charge in [0.15, 0.2) is 0 Å². The second-order valence-corrected chi connectivity index (χ2v) is 10.1. The lowest BCUT2D eigenvalue weighted by atomic mass is 10.0. The molecule has 0 bridgehead atoms. The fraction of sp³-hybridized carbons (Fsp3) is 0.480. The molecule has 0 aliphatic rings. The number of hydrogen-bond acceptors (Lipinski definition) is 5. The molecule has 2 heterocycles. The molecular weight excluding hydrogens is 605 g/mol. The van der Waals surface area contributed by atoms with Crippen LogP contribution in [-0.4, -0.2) is 51.3 Å². The number of nitrogens with zero attached hydrogens (tertiary/aromatic N) is 4. The van der Waals surface area contributed by atoms with Gasteiger partial charge in [-0.1, -0.05) is 27.2 Å². The van der Waals surface area contributed by atoms with E-state index in [-0.39, 0.29) is 11.5 Å². The Morgan fingerprint density at radius 3 is 2.36 bits per heavy atom. The third-order valence-electron chi connectivity index (χ3n) is 5.88. The number of alkyl halides is 3. The van der Waals surface area contributed by atoms with Crippen LogP contribution < -0.4 is 4.74 Å². The predicted molar refractivity (Wildman–Crippen MR) is 140 cm³/mol. The average Bonchev–Trinajstić information content (AvgIpc) is 3.20. The Hall–Kier alpha value is -1.98. The molecule has 36 heavy (non-hydrogen) atoms. The number of carbonyl (C=O) groups excluding carboxylic acids is 1. The van der Waals surface area contributed by atoms with E-state index in [1.807, 2.05) is 6.92 Å². The van der Waals surface area contributed by atoms with Crippen molar-refractivity contribution < 1.29 is 22.7 Å². The number of hydrogen-bond donors (Lipinski definition) is 0. The molecule has 6 nitrogen and oxygen atoms in total. The Morgan fingerprint density at radius 2 is 1.78 bits per heavy atom. The van der Waals surface area contributed by atoms with Crippen LogP contribution in [0.3, 0.4) is 0 Å². The number of fused-ring (bicyclic) bond motifs is 1. The highest BCUT2D eigenvalue weighted by Crippen LogP contribution is 2.36. The zero-order chi connectivity index (χ0) is 26.5. The summed E-state index contributed by atoms with van der Waals surface area (Å²) in [5.74, 6) is 0.185. The molecule has 0 atom stereocenters. The first kappa shape index (κ1) is 28.6. The maximum atomic E-state index is 13.6. The predicted octanol–water partition coefficient (Wildman–Crippen LogP) is 6.96. The Labute approximate surface area is 225 Å². The summed E-state index contributed by atoms with van der Waals surface area (Å²) in [6.07, 6.45) is -0.0816. The number of imidazole rings is 1. The van der Waals surface area contributed by atoms with Gasteiger partial charge in [0.25, 0.3) is 0 Å². The lowest BCUT2D eigenvalue weighted by Crippen LogP contribution is -2.25. The van der Waals surface area contributed by atoms with Gasteiger partial charge < -0.3 is 9.64 Å². The number of ketones is 1. The van der Waals surface area contributed by atoms with Gasteiger partial charge in [-0.3, -0.25) is 9.20 Å². The van der Waals surface area contributed by atoms with Gasteiger partial charge in [0.1, 0.15) is 11.4 Å². The number of aromatic nitrogens is 3. The fourth-order valence-corrected chi connectivity index (χ4v) is 5.27. The van der Waals surface area contributed by atoms with E-state index in [4.69, 9.17) is 4.74 Å². The monoisotopic (exact) mass is 632 g/mol. The van der Waals surface area contributed by atoms with E-state index >= 15 is 0 Å². The molecule has 0 saturated carbocycles. The molecule has 11 heteroatoms. The first-order chi connectivity index (χ1) is 17.1. The van der Waals surface area contributed by atoms with Crippen LogP contribution >= 0.6 is 31.9 Å². The molecule has 3 rings (SSSR count). The van der Waals surface area contributed by atoms with E-state index in [0.717, 1.165) is 55.7 Å². The summed E-state index contributed by atoms with van der Waals surface area (Å²) in [6.45, 7) is 9.60. The zero-order valence-corrected chi connectivity index (χ0v) is 23.6. The number of benzene rings is 1. The average molecular weight is 634 g/mol. The maximum Gasteiger partial charge on any atom is 0.419 e. The normalized spacial score (nSPS) is 12.0. The minimum Gasteiger partial charge on any atom is -0.491 e. The van der Waals surface area contributed by atoms with E-state index in [1.54, 1.807) is 12.1 Å². The Bertz CT molecular complexity index is 1190. The van der Waals surface area contributed by atoms with Crippen LogP contribution in [0.4, 0.5) is 13.2 Å². The van der Waals surface area contributed by atoms with Gasteiger partial charge in [0.2, 0.25) is 11.6 Å². The van der Waals surface area contributed by atoms with Crippen molar-refractivity contribution in [3.63, 3.8) is 0 Å². The minimum absolute atomic E-state index is 0.0590. The summed E-state index contributed by atoms with van der Waals surface area (Å²) in [7, 11) is 0. The lowest BCUT2D eigenvalue weighted by Gasteiger charge is -2.18. The molecule has 0 fully saturated rings. The molecule has 3 aromatic rings. The number of halogens is 5. The highest BCUT2D eigenvalue weighted by Gasteiger charge is 2.33. The van der Waals surface area contributed by atoms with Gasteiger partial charge in [-0.25, -0.2) is 9.97 Å². The van der Waals surface area contributed by atoms with Gasteiger partial charge in [-0.15, -0.1) is 0 Å². The Morgan fingerprint density at radius 1 is 1.11 bits per heavy atom. The van der Waals surface area contributed by atoms with Crippen LogP contribution in [0, 0.1) is 0 Å². The van der Waals surface area contributed by atoms with Crippen molar-refractivity contribution in [3.05, 3.63) is 56.0 Å². The summed E-state index contributed by atoms with van der Waals surface area (Å²) in [5, 5.41) is 0. The molecule has 0 unspecified atom stereocenters. The second kappa shape index (κ2) is 12.5. The number of rotatable bonds is 12. The number of carbonyl (C=O) groups is 1. The van der Waals surface area contributed by atoms with Gasteiger partial charge in [-0.2, -0.15) is 13.2 Å². The summed E-state index contributed by atoms with van der Waals surface area (Å²) < 4.78 is 48.3. The van der Waals surface area contributed by atoms with Crippen molar-refractivity contribution in [2.45, 2.75) is 52.6 Å². The molecule has 0 saturated heterocycles. The Balaban J connectivity index is 1.93. The zero-order valence-electron chi connectivity index (χ0n) is 20.5. The van der Waals surface area contributed by atoms with Crippen molar-refractivity contribution >= 4 is 43.4 Å². The van der Waals surface area contributed by atoms with Crippen LogP contribution in [0.2, 0.25) is 0 Å². The smallest absolute Gasteiger partial charge is 0.419 e. The van der Waals surface area contributed by atoms with Crippen molar-refractivity contribution in [2.75, 3.05) is 26.2 Å². The first-order valence-corrected chi connectivity index (χ1v) is 13.5. The first-order valence-electron chi connectivity index (χ1n) is 11.9. The third-order valence-corrected chi connectivity index (χ3v) is 7.06. The molecule has 0 radical (unpaired) electrons. The largest absolute Gasteiger partial charge is 0.491 e. The molecule has 0 aliphatic heterocycles. The van der Waals surface area contributed by atoms with Crippen molar-refractivity contribution in [2.24, 2.45) is 0 Å². The molecule has 1 aromatic carbocycles. The van der Waals surface area contributed by atoms with E-state index < -0.39 is 17.5 Å². The summed E-state index contributed by atoms with van der Waals surface area (Å²) in [4.78, 5) is 24.2. The quantitative estimate of drug-likeness (QED) is 0.159. The van der Waals surface area contributed by atoms with Crippen LogP contribution in [0.5, 0.6) is 5.75 Å². The summed E-state index contributed by atoms with van der Waals surface area (Å²) >= 11 is 6.97. The van der Waals surface area contributed by atoms with E-state index in [1.165, 1.54) is 0 Å². The number of aryl methyl sites for hydroxylation is 1. The summed E-state index contributed by atoms with van der Waals surface area (Å²) in [5.41, 5.74) is -0.137. The van der Waals surface area contributed by atoms with Gasteiger partial charge >= 0.3 is 6.18 Å². The molecule has 0 spiro atoms. The lowest BCUT2D eigenvalue weighted by molar-refractivity contribution is -0.138. The van der Waals surface area contributed by atoms with Crippen molar-refractivity contribution in [1.29, 1.82) is 0 Å². The fourth-order valence-electron chi connectivity index (χ4n) is 3.85. The van der Waals surface area contributed by atoms with Gasteiger partial charge in [0.05, 0.1) is 26.8 Å². The summed E-state index contributed by atoms with van der Waals surface area (Å²) in [6, 6.07) is 3.24. The van der Waals surface area contributed by atoms with Crippen LogP contribution in [-0.2, 0) is 12.6 Å². The van der Waals surface area contributed by atoms with Gasteiger partial charge in [0, 0.05) is 24.5 Å². The van der Waals surface area contributed by atoms with Gasteiger partial charge in [-0.05, 0) is 76.3 Å². The SMILES string of the molecule is CCCCc1nc2ncc(C(F)(F)F)cn2c1C(=O)c1cc(Br)c(OCCCN(CC)CC)c(Br)c1. The van der Waals surface area contributed by atoms with E-state index in [2.05, 4.69) is 60.6 Å². The molecular formula is C25H29Br2F3N4O2. The second-order valence-electron chi connectivity index (χ2n) is 8.35. The van der Waals surface area contributed by atoms with E-state index in [9.17, 15) is 18.0 Å². The van der Waals surface area contributed by atoms with Crippen molar-refractivity contribution in [1.82, 2.24) is 19.3 Å². The molecule has 196 valence electrons. The molecule has 0 amide bonds. The molecule has 0 aliphatic carbocycles. The number of ether oxygens (including phenoxy) is 1. The van der Waals surface area contributed by atoms with Crippen molar-refractivity contribution in [3.8, 4) is 5.75 Å². The highest BCUT2D eigenvalue weighted by atomic mass is 79.9. The number of unbranched alkanes of at least 4 members (excludes halogenated alkanes) is 1. The van der Waals surface area contributed by atoms with Crippen LogP contribution in [0.25, 0.3) is 5.78 Å². The van der Waals surface area contributed by atoms with Crippen LogP contribution in [0.15, 0.2) is 33.5 Å². The molecule has 2 aromatic heterocycles. The van der Waals surface area contributed by atoms with E-state index in [0.29, 0.717) is 39.0 Å². The third kappa shape index (κ3) is 6.66. The standard InChI is InChI=1S/C25H29Br2F3N4O2/c1-4-7-9-20-21(34-15-17(25(28,29)30)14-31-24(34)32-20)22(35)16-12-18(26)23(19(27)13-16)36-11-8-10-33(5-2)6-3/h12-15H,4-11H2,1-3H3. The maximum absolute atomic E-state index is 13.6. The highest BCUT2D eigenvalue weighted by molar-refractivity contribution is 9.11. The van der Waals surface area contributed by atoms with Crippen LogP contribution in [0.1, 0.15) is 67.3 Å². The Kier molecular flexibility index (Phi) is 9.94.